The summed E-state index contributed by atoms with van der Waals surface area (Å²) in [6, 6.07) is 4.35. The molecule has 0 saturated heterocycles. The van der Waals surface area contributed by atoms with Crippen LogP contribution in [0.5, 0.6) is 0 Å². The lowest BCUT2D eigenvalue weighted by molar-refractivity contribution is -0.128. The van der Waals surface area contributed by atoms with Gasteiger partial charge in [-0.2, -0.15) is 0 Å². The van der Waals surface area contributed by atoms with E-state index < -0.39 is 5.41 Å². The number of rotatable bonds is 4. The molecule has 110 valence electrons. The average molecular weight is 298 g/mol. The van der Waals surface area contributed by atoms with E-state index in [1.54, 1.807) is 0 Å². The number of benzene rings is 1. The normalized spacial score (nSPS) is 18.6. The minimum absolute atomic E-state index is 0.0584. The number of carbonyl (C=O) groups excluding carboxylic acids is 1. The first-order valence-corrected chi connectivity index (χ1v) is 7.62. The monoisotopic (exact) mass is 297 g/mol. The molecule has 0 unspecified atom stereocenters. The van der Waals surface area contributed by atoms with E-state index in [1.165, 1.54) is 18.2 Å². The summed E-state index contributed by atoms with van der Waals surface area (Å²) in [5.74, 6) is -0.313. The molecular weight excluding hydrogens is 277 g/mol. The van der Waals surface area contributed by atoms with Crippen molar-refractivity contribution in [3.63, 3.8) is 0 Å². The van der Waals surface area contributed by atoms with Gasteiger partial charge in [0.05, 0.1) is 0 Å². The standard InChI is InChI=1S/C16H21ClFNO/c17-13-5-6-14(18)12(9-13)10-15(20)16(11-19)7-3-1-2-4-8-16/h5-6,9H,1-4,7-8,10-11,19H2. The predicted octanol–water partition coefficient (Wildman–Crippen LogP) is 3.89. The topological polar surface area (TPSA) is 43.1 Å². The smallest absolute Gasteiger partial charge is 0.144 e. The maximum Gasteiger partial charge on any atom is 0.144 e. The molecule has 2 rings (SSSR count). The lowest BCUT2D eigenvalue weighted by atomic mass is 9.74. The summed E-state index contributed by atoms with van der Waals surface area (Å²) in [6.45, 7) is 0.355. The largest absolute Gasteiger partial charge is 0.329 e. The molecule has 2 N–H and O–H groups in total. The second-order valence-electron chi connectivity index (χ2n) is 5.73. The Labute approximate surface area is 124 Å². The maximum atomic E-state index is 13.8. The Kier molecular flexibility index (Phi) is 5.17. The zero-order valence-corrected chi connectivity index (χ0v) is 12.4. The molecule has 0 amide bonds. The highest BCUT2D eigenvalue weighted by Gasteiger charge is 2.36. The number of carbonyl (C=O) groups is 1. The van der Waals surface area contributed by atoms with Gasteiger partial charge in [-0.1, -0.05) is 37.3 Å². The van der Waals surface area contributed by atoms with Crippen LogP contribution >= 0.6 is 11.6 Å². The number of ketones is 1. The molecule has 0 atom stereocenters. The Morgan fingerprint density at radius 1 is 1.25 bits per heavy atom. The fourth-order valence-electron chi connectivity index (χ4n) is 3.04. The molecule has 0 bridgehead atoms. The summed E-state index contributed by atoms with van der Waals surface area (Å²) in [5, 5.41) is 0.455. The Morgan fingerprint density at radius 3 is 2.50 bits per heavy atom. The number of nitrogens with two attached hydrogens (primary N) is 1. The van der Waals surface area contributed by atoms with E-state index in [-0.39, 0.29) is 18.0 Å². The molecule has 20 heavy (non-hydrogen) atoms. The Bertz CT molecular complexity index is 481. The van der Waals surface area contributed by atoms with Gasteiger partial charge < -0.3 is 5.73 Å². The summed E-state index contributed by atoms with van der Waals surface area (Å²) in [7, 11) is 0. The van der Waals surface area contributed by atoms with E-state index in [2.05, 4.69) is 0 Å². The minimum atomic E-state index is -0.467. The fourth-order valence-corrected chi connectivity index (χ4v) is 3.24. The summed E-state index contributed by atoms with van der Waals surface area (Å²) in [4.78, 5) is 12.6. The molecule has 1 aromatic carbocycles. The third kappa shape index (κ3) is 3.39. The molecule has 4 heteroatoms. The van der Waals surface area contributed by atoms with Crippen molar-refractivity contribution in [3.8, 4) is 0 Å². The van der Waals surface area contributed by atoms with Gasteiger partial charge in [0.25, 0.3) is 0 Å². The highest BCUT2D eigenvalue weighted by molar-refractivity contribution is 6.30. The van der Waals surface area contributed by atoms with Crippen LogP contribution in [0, 0.1) is 11.2 Å². The van der Waals surface area contributed by atoms with Crippen LogP contribution in [0.3, 0.4) is 0 Å². The zero-order valence-electron chi connectivity index (χ0n) is 11.6. The molecule has 0 heterocycles. The van der Waals surface area contributed by atoms with E-state index in [9.17, 15) is 9.18 Å². The third-order valence-electron chi connectivity index (χ3n) is 4.40. The van der Waals surface area contributed by atoms with Crippen LogP contribution in [0.2, 0.25) is 5.02 Å². The highest BCUT2D eigenvalue weighted by atomic mass is 35.5. The lowest BCUT2D eigenvalue weighted by Crippen LogP contribution is -2.39. The average Bonchev–Trinajstić information content (AvgIpc) is 2.69. The number of hydrogen-bond acceptors (Lipinski definition) is 2. The molecule has 0 aliphatic heterocycles. The summed E-state index contributed by atoms with van der Waals surface area (Å²) in [6.07, 6.45) is 6.10. The first kappa shape index (κ1) is 15.5. The van der Waals surface area contributed by atoms with Gasteiger partial charge in [0, 0.05) is 23.4 Å². The van der Waals surface area contributed by atoms with E-state index in [0.717, 1.165) is 38.5 Å². The van der Waals surface area contributed by atoms with Crippen molar-refractivity contribution in [1.29, 1.82) is 0 Å². The molecule has 0 spiro atoms. The molecule has 1 aliphatic carbocycles. The summed E-state index contributed by atoms with van der Waals surface area (Å²) < 4.78 is 13.8. The third-order valence-corrected chi connectivity index (χ3v) is 4.64. The molecule has 1 aliphatic rings. The predicted molar refractivity (Wildman–Crippen MR) is 79.3 cm³/mol. The summed E-state index contributed by atoms with van der Waals surface area (Å²) >= 11 is 5.88. The van der Waals surface area contributed by atoms with E-state index in [0.29, 0.717) is 17.1 Å². The first-order valence-electron chi connectivity index (χ1n) is 7.25. The molecular formula is C16H21ClFNO. The van der Waals surface area contributed by atoms with Crippen LogP contribution in [0.15, 0.2) is 18.2 Å². The Hall–Kier alpha value is -0.930. The first-order chi connectivity index (χ1) is 9.57. The maximum absolute atomic E-state index is 13.8. The molecule has 0 radical (unpaired) electrons. The quantitative estimate of drug-likeness (QED) is 0.857. The van der Waals surface area contributed by atoms with Gasteiger partial charge in [-0.05, 0) is 36.6 Å². The zero-order chi connectivity index (χ0) is 14.6. The van der Waals surface area contributed by atoms with Crippen molar-refractivity contribution < 1.29 is 9.18 Å². The van der Waals surface area contributed by atoms with Crippen LogP contribution in [-0.2, 0) is 11.2 Å². The van der Waals surface area contributed by atoms with Gasteiger partial charge in [0.2, 0.25) is 0 Å². The molecule has 1 fully saturated rings. The van der Waals surface area contributed by atoms with Gasteiger partial charge >= 0.3 is 0 Å². The van der Waals surface area contributed by atoms with Crippen LogP contribution in [0.4, 0.5) is 4.39 Å². The molecule has 0 aromatic heterocycles. The second kappa shape index (κ2) is 6.68. The van der Waals surface area contributed by atoms with Crippen LogP contribution in [0.25, 0.3) is 0 Å². The Morgan fingerprint density at radius 2 is 1.90 bits per heavy atom. The van der Waals surface area contributed by atoms with Crippen molar-refractivity contribution in [2.75, 3.05) is 6.54 Å². The van der Waals surface area contributed by atoms with Gasteiger partial charge in [-0.25, -0.2) is 4.39 Å². The van der Waals surface area contributed by atoms with Gasteiger partial charge in [-0.3, -0.25) is 4.79 Å². The number of hydrogen-bond donors (Lipinski definition) is 1. The lowest BCUT2D eigenvalue weighted by Gasteiger charge is -2.29. The van der Waals surface area contributed by atoms with Crippen LogP contribution in [-0.4, -0.2) is 12.3 Å². The van der Waals surface area contributed by atoms with Crippen molar-refractivity contribution >= 4 is 17.4 Å². The fraction of sp³-hybridized carbons (Fsp3) is 0.562. The van der Waals surface area contributed by atoms with Crippen molar-refractivity contribution in [3.05, 3.63) is 34.6 Å². The molecule has 1 saturated carbocycles. The molecule has 1 aromatic rings. The van der Waals surface area contributed by atoms with Gasteiger partial charge in [-0.15, -0.1) is 0 Å². The van der Waals surface area contributed by atoms with Gasteiger partial charge in [0.15, 0.2) is 0 Å². The van der Waals surface area contributed by atoms with Crippen molar-refractivity contribution in [2.45, 2.75) is 44.9 Å². The van der Waals surface area contributed by atoms with E-state index in [4.69, 9.17) is 17.3 Å². The van der Waals surface area contributed by atoms with E-state index in [1.807, 2.05) is 0 Å². The van der Waals surface area contributed by atoms with Crippen LogP contribution < -0.4 is 5.73 Å². The summed E-state index contributed by atoms with van der Waals surface area (Å²) in [5.41, 5.74) is 5.80. The second-order valence-corrected chi connectivity index (χ2v) is 6.17. The van der Waals surface area contributed by atoms with E-state index >= 15 is 0 Å². The van der Waals surface area contributed by atoms with Gasteiger partial charge in [0.1, 0.15) is 11.6 Å². The highest BCUT2D eigenvalue weighted by Crippen LogP contribution is 2.36. The van der Waals surface area contributed by atoms with Crippen LogP contribution in [0.1, 0.15) is 44.1 Å². The Balaban J connectivity index is 2.18. The van der Waals surface area contributed by atoms with Crippen molar-refractivity contribution in [1.82, 2.24) is 0 Å². The molecule has 2 nitrogen and oxygen atoms in total. The SMILES string of the molecule is NCC1(C(=O)Cc2cc(Cl)ccc2F)CCCCCC1. The number of Topliss-reactive ketones (excluding diaryl/α,β-unsaturated/α-hetero) is 1. The minimum Gasteiger partial charge on any atom is -0.329 e. The number of halogens is 2. The van der Waals surface area contributed by atoms with Crippen molar-refractivity contribution in [2.24, 2.45) is 11.1 Å².